The van der Waals surface area contributed by atoms with Crippen molar-refractivity contribution in [2.24, 2.45) is 0 Å². The lowest BCUT2D eigenvalue weighted by atomic mass is 10.1. The van der Waals surface area contributed by atoms with Gasteiger partial charge >= 0.3 is 0 Å². The van der Waals surface area contributed by atoms with Crippen LogP contribution in [0.2, 0.25) is 0 Å². The predicted octanol–water partition coefficient (Wildman–Crippen LogP) is 2.87. The summed E-state index contributed by atoms with van der Waals surface area (Å²) >= 11 is 3.38. The Morgan fingerprint density at radius 2 is 2.14 bits per heavy atom. The van der Waals surface area contributed by atoms with Crippen molar-refractivity contribution in [1.29, 1.82) is 0 Å². The van der Waals surface area contributed by atoms with E-state index in [0.717, 1.165) is 17.3 Å². The zero-order valence-electron chi connectivity index (χ0n) is 15.6. The van der Waals surface area contributed by atoms with E-state index in [-0.39, 0.29) is 30.1 Å². The van der Waals surface area contributed by atoms with Gasteiger partial charge in [0.1, 0.15) is 24.2 Å². The molecule has 29 heavy (non-hydrogen) atoms. The average Bonchev–Trinajstić information content (AvgIpc) is 3.34. The molecule has 0 bridgehead atoms. The fourth-order valence-electron chi connectivity index (χ4n) is 3.08. The molecule has 11 heteroatoms. The molecule has 152 valence electrons. The van der Waals surface area contributed by atoms with Crippen molar-refractivity contribution in [1.82, 2.24) is 25.4 Å². The van der Waals surface area contributed by atoms with E-state index in [1.165, 1.54) is 23.9 Å². The molecule has 9 nitrogen and oxygen atoms in total. The number of rotatable bonds is 6. The lowest BCUT2D eigenvalue weighted by Gasteiger charge is -2.32. The van der Waals surface area contributed by atoms with Crippen LogP contribution in [0.5, 0.6) is 5.75 Å². The Hall–Kier alpha value is -2.82. The Bertz CT molecular complexity index is 1010. The Balaban J connectivity index is 1.36. The largest absolute Gasteiger partial charge is 0.489 e. The number of aromatic nitrogens is 5. The van der Waals surface area contributed by atoms with Gasteiger partial charge in [-0.1, -0.05) is 5.16 Å². The molecule has 0 aliphatic carbocycles. The van der Waals surface area contributed by atoms with Crippen LogP contribution in [0.4, 0.5) is 10.2 Å². The van der Waals surface area contributed by atoms with Crippen molar-refractivity contribution >= 4 is 27.5 Å². The summed E-state index contributed by atoms with van der Waals surface area (Å²) in [5.74, 6) is 1.45. The minimum absolute atomic E-state index is 0.0103. The SMILES string of the molecule is CC(=O)Cn1nnc(-c2cc(N3CCC(Oc4cc(F)ccc4Br)CC3)no2)n1. The molecule has 0 radical (unpaired) electrons. The number of ketones is 1. The average molecular weight is 465 g/mol. The van der Waals surface area contributed by atoms with Crippen LogP contribution in [-0.2, 0) is 11.3 Å². The number of carbonyl (C=O) groups is 1. The summed E-state index contributed by atoms with van der Waals surface area (Å²) in [6.45, 7) is 2.95. The van der Waals surface area contributed by atoms with Crippen LogP contribution >= 0.6 is 15.9 Å². The fourth-order valence-corrected chi connectivity index (χ4v) is 3.42. The molecule has 1 saturated heterocycles. The molecule has 1 fully saturated rings. The number of piperidine rings is 1. The van der Waals surface area contributed by atoms with Crippen molar-refractivity contribution in [2.75, 3.05) is 18.0 Å². The number of anilines is 1. The second-order valence-electron chi connectivity index (χ2n) is 6.77. The number of halogens is 2. The molecule has 4 rings (SSSR count). The smallest absolute Gasteiger partial charge is 0.243 e. The van der Waals surface area contributed by atoms with E-state index in [1.807, 2.05) is 0 Å². The number of ether oxygens (including phenoxy) is 1. The first-order valence-electron chi connectivity index (χ1n) is 9.09. The number of tetrazole rings is 1. The molecule has 1 aliphatic heterocycles. The van der Waals surface area contributed by atoms with Gasteiger partial charge in [-0.3, -0.25) is 4.79 Å². The molecule has 0 unspecified atom stereocenters. The van der Waals surface area contributed by atoms with E-state index in [9.17, 15) is 9.18 Å². The van der Waals surface area contributed by atoms with Gasteiger partial charge in [-0.2, -0.15) is 4.80 Å². The predicted molar refractivity (Wildman–Crippen MR) is 104 cm³/mol. The Kier molecular flexibility index (Phi) is 5.56. The molecule has 3 heterocycles. The Morgan fingerprint density at radius 1 is 1.34 bits per heavy atom. The highest BCUT2D eigenvalue weighted by Crippen LogP contribution is 2.30. The summed E-state index contributed by atoms with van der Waals surface area (Å²) in [6.07, 6.45) is 1.51. The van der Waals surface area contributed by atoms with Gasteiger partial charge in [0.25, 0.3) is 0 Å². The van der Waals surface area contributed by atoms with Gasteiger partial charge in [0.15, 0.2) is 11.6 Å². The zero-order valence-corrected chi connectivity index (χ0v) is 17.2. The first-order chi connectivity index (χ1) is 14.0. The quantitative estimate of drug-likeness (QED) is 0.548. The number of Topliss-reactive ketones (excluding diaryl/α,β-unsaturated/α-hetero) is 1. The summed E-state index contributed by atoms with van der Waals surface area (Å²) in [6, 6.07) is 6.15. The zero-order chi connectivity index (χ0) is 20.4. The minimum Gasteiger partial charge on any atom is -0.489 e. The van der Waals surface area contributed by atoms with Crippen molar-refractivity contribution < 1.29 is 18.4 Å². The lowest BCUT2D eigenvalue weighted by Crippen LogP contribution is -2.38. The summed E-state index contributed by atoms with van der Waals surface area (Å²) in [4.78, 5) is 14.4. The third-order valence-corrected chi connectivity index (χ3v) is 5.14. The number of benzene rings is 1. The van der Waals surface area contributed by atoms with Gasteiger partial charge < -0.3 is 14.2 Å². The highest BCUT2D eigenvalue weighted by Gasteiger charge is 2.24. The first-order valence-corrected chi connectivity index (χ1v) is 9.88. The summed E-state index contributed by atoms with van der Waals surface area (Å²) < 4.78 is 25.4. The van der Waals surface area contributed by atoms with Crippen LogP contribution in [0, 0.1) is 5.82 Å². The molecule has 1 aromatic carbocycles. The van der Waals surface area contributed by atoms with Gasteiger partial charge in [0, 0.05) is 38.1 Å². The molecule has 3 aromatic rings. The van der Waals surface area contributed by atoms with Gasteiger partial charge in [0.2, 0.25) is 11.6 Å². The van der Waals surface area contributed by atoms with Crippen LogP contribution in [0.3, 0.4) is 0 Å². The maximum Gasteiger partial charge on any atom is 0.243 e. The molecule has 2 aromatic heterocycles. The van der Waals surface area contributed by atoms with Crippen LogP contribution < -0.4 is 9.64 Å². The third kappa shape index (κ3) is 4.61. The molecule has 0 saturated carbocycles. The maximum absolute atomic E-state index is 13.4. The van der Waals surface area contributed by atoms with E-state index in [4.69, 9.17) is 9.26 Å². The number of hydrogen-bond donors (Lipinski definition) is 0. The van der Waals surface area contributed by atoms with E-state index in [2.05, 4.69) is 41.4 Å². The van der Waals surface area contributed by atoms with Crippen molar-refractivity contribution in [3.05, 3.63) is 34.6 Å². The second-order valence-corrected chi connectivity index (χ2v) is 7.63. The monoisotopic (exact) mass is 464 g/mol. The van der Waals surface area contributed by atoms with E-state index in [1.54, 1.807) is 12.1 Å². The number of carbonyl (C=O) groups excluding carboxylic acids is 1. The summed E-state index contributed by atoms with van der Waals surface area (Å²) in [5.41, 5.74) is 0. The van der Waals surface area contributed by atoms with Crippen LogP contribution in [0.1, 0.15) is 19.8 Å². The van der Waals surface area contributed by atoms with Gasteiger partial charge in [0.05, 0.1) is 4.47 Å². The van der Waals surface area contributed by atoms with E-state index < -0.39 is 0 Å². The van der Waals surface area contributed by atoms with Crippen LogP contribution in [-0.4, -0.2) is 50.3 Å². The molecular formula is C18H18BrFN6O3. The third-order valence-electron chi connectivity index (χ3n) is 4.49. The lowest BCUT2D eigenvalue weighted by molar-refractivity contribution is -0.117. The van der Waals surface area contributed by atoms with Crippen molar-refractivity contribution in [2.45, 2.75) is 32.4 Å². The molecule has 0 N–H and O–H groups in total. The fraction of sp³-hybridized carbons (Fsp3) is 0.389. The molecule has 0 spiro atoms. The molecule has 0 atom stereocenters. The molecular weight excluding hydrogens is 447 g/mol. The topological polar surface area (TPSA) is 99.2 Å². The normalized spacial score (nSPS) is 14.9. The van der Waals surface area contributed by atoms with Crippen molar-refractivity contribution in [3.63, 3.8) is 0 Å². The first kappa shape index (κ1) is 19.5. The number of nitrogens with zero attached hydrogens (tertiary/aromatic N) is 6. The van der Waals surface area contributed by atoms with Gasteiger partial charge in [-0.25, -0.2) is 4.39 Å². The van der Waals surface area contributed by atoms with Crippen LogP contribution in [0.25, 0.3) is 11.6 Å². The maximum atomic E-state index is 13.4. The van der Waals surface area contributed by atoms with E-state index in [0.29, 0.717) is 30.4 Å². The minimum atomic E-state index is -0.329. The standard InChI is InChI=1S/C18H18BrFN6O3/c1-11(27)10-26-22-18(21-24-26)16-9-17(23-29-16)25-6-4-13(5-7-25)28-15-8-12(20)2-3-14(15)19/h2-3,8-9,13H,4-7,10H2,1H3. The van der Waals surface area contributed by atoms with Crippen LogP contribution in [0.15, 0.2) is 33.3 Å². The van der Waals surface area contributed by atoms with Gasteiger partial charge in [-0.15, -0.1) is 10.2 Å². The van der Waals surface area contributed by atoms with Crippen molar-refractivity contribution in [3.8, 4) is 17.3 Å². The summed E-state index contributed by atoms with van der Waals surface area (Å²) in [5, 5.41) is 15.9. The second kappa shape index (κ2) is 8.27. The highest BCUT2D eigenvalue weighted by atomic mass is 79.9. The summed E-state index contributed by atoms with van der Waals surface area (Å²) in [7, 11) is 0. The number of hydrogen-bond acceptors (Lipinski definition) is 8. The molecule has 1 aliphatic rings. The molecule has 0 amide bonds. The Labute approximate surface area is 173 Å². The van der Waals surface area contributed by atoms with Gasteiger partial charge in [-0.05, 0) is 40.2 Å². The Morgan fingerprint density at radius 3 is 2.90 bits per heavy atom. The van der Waals surface area contributed by atoms with E-state index >= 15 is 0 Å². The highest BCUT2D eigenvalue weighted by molar-refractivity contribution is 9.10.